The Morgan fingerprint density at radius 2 is 2.00 bits per heavy atom. The maximum absolute atomic E-state index is 12.7. The van der Waals surface area contributed by atoms with Crippen LogP contribution in [0, 0.1) is 0 Å². The highest BCUT2D eigenvalue weighted by molar-refractivity contribution is 9.10. The molecule has 0 fully saturated rings. The summed E-state index contributed by atoms with van der Waals surface area (Å²) in [6, 6.07) is 14.0. The van der Waals surface area contributed by atoms with Crippen molar-refractivity contribution in [3.8, 4) is 5.75 Å². The number of fused-ring (bicyclic) bond motifs is 1. The first-order valence-electron chi connectivity index (χ1n) is 7.47. The molecule has 1 aliphatic rings. The van der Waals surface area contributed by atoms with Crippen molar-refractivity contribution in [1.29, 1.82) is 0 Å². The van der Waals surface area contributed by atoms with Gasteiger partial charge in [-0.3, -0.25) is 4.79 Å². The third-order valence-electron chi connectivity index (χ3n) is 3.84. The molecule has 1 aliphatic heterocycles. The molecule has 1 amide bonds. The van der Waals surface area contributed by atoms with E-state index in [9.17, 15) is 4.79 Å². The monoisotopic (exact) mass is 359 g/mol. The molecule has 0 spiro atoms. The highest BCUT2D eigenvalue weighted by Crippen LogP contribution is 2.32. The summed E-state index contributed by atoms with van der Waals surface area (Å²) in [5, 5.41) is 0. The molecule has 3 rings (SSSR count). The van der Waals surface area contributed by atoms with Gasteiger partial charge >= 0.3 is 0 Å². The largest absolute Gasteiger partial charge is 0.493 e. The molecule has 4 heteroatoms. The Morgan fingerprint density at radius 3 is 2.73 bits per heavy atom. The van der Waals surface area contributed by atoms with Gasteiger partial charge in [-0.05, 0) is 52.5 Å². The molecule has 2 aromatic rings. The van der Waals surface area contributed by atoms with Crippen LogP contribution < -0.4 is 4.74 Å². The van der Waals surface area contributed by atoms with E-state index in [1.54, 1.807) is 0 Å². The van der Waals surface area contributed by atoms with E-state index in [4.69, 9.17) is 4.74 Å². The molecular weight excluding hydrogens is 342 g/mol. The predicted octanol–water partition coefficient (Wildman–Crippen LogP) is 4.05. The molecule has 114 valence electrons. The summed E-state index contributed by atoms with van der Waals surface area (Å²) < 4.78 is 6.50. The summed E-state index contributed by atoms with van der Waals surface area (Å²) in [5.74, 6) is 0.815. The lowest BCUT2D eigenvalue weighted by Crippen LogP contribution is -2.37. The molecule has 0 saturated carbocycles. The highest BCUT2D eigenvalue weighted by Gasteiger charge is 2.25. The molecule has 0 aromatic heterocycles. The van der Waals surface area contributed by atoms with E-state index >= 15 is 0 Å². The number of amides is 1. The number of hydrogen-bond acceptors (Lipinski definition) is 2. The second kappa shape index (κ2) is 6.53. The molecule has 1 heterocycles. The number of benzene rings is 2. The first-order chi connectivity index (χ1) is 10.7. The van der Waals surface area contributed by atoms with Crippen molar-refractivity contribution in [3.05, 3.63) is 63.6 Å². The number of hydrogen-bond donors (Lipinski definition) is 0. The van der Waals surface area contributed by atoms with Crippen molar-refractivity contribution < 1.29 is 9.53 Å². The summed E-state index contributed by atoms with van der Waals surface area (Å²) in [4.78, 5) is 14.6. The number of rotatable bonds is 4. The molecule has 0 aliphatic carbocycles. The fourth-order valence-corrected chi connectivity index (χ4v) is 3.25. The van der Waals surface area contributed by atoms with Crippen LogP contribution in [0.15, 0.2) is 46.9 Å². The third-order valence-corrected chi connectivity index (χ3v) is 4.46. The lowest BCUT2D eigenvalue weighted by molar-refractivity contribution is 0.0726. The number of halogens is 1. The van der Waals surface area contributed by atoms with E-state index in [0.29, 0.717) is 13.2 Å². The fourth-order valence-electron chi connectivity index (χ4n) is 2.75. The Morgan fingerprint density at radius 1 is 1.23 bits per heavy atom. The number of carbonyl (C=O) groups excluding carboxylic acids is 1. The zero-order chi connectivity index (χ0) is 15.5. The first-order valence-corrected chi connectivity index (χ1v) is 8.26. The van der Waals surface area contributed by atoms with Gasteiger partial charge in [0, 0.05) is 18.7 Å². The summed E-state index contributed by atoms with van der Waals surface area (Å²) in [6.07, 6.45) is 0.874. The molecular formula is C18H18BrNO2. The van der Waals surface area contributed by atoms with Crippen LogP contribution in [0.25, 0.3) is 0 Å². The number of carbonyl (C=O) groups is 1. The van der Waals surface area contributed by atoms with Crippen molar-refractivity contribution in [2.75, 3.05) is 13.2 Å². The Kier molecular flexibility index (Phi) is 4.48. The average Bonchev–Trinajstić information content (AvgIpc) is 2.53. The van der Waals surface area contributed by atoms with Gasteiger partial charge in [-0.15, -0.1) is 0 Å². The van der Waals surface area contributed by atoms with Gasteiger partial charge in [-0.1, -0.05) is 30.3 Å². The summed E-state index contributed by atoms with van der Waals surface area (Å²) in [7, 11) is 0. The lowest BCUT2D eigenvalue weighted by atomic mass is 9.98. The van der Waals surface area contributed by atoms with Crippen LogP contribution in [0.2, 0.25) is 0 Å². The van der Waals surface area contributed by atoms with Crippen LogP contribution in [-0.4, -0.2) is 24.0 Å². The molecule has 22 heavy (non-hydrogen) atoms. The standard InChI is InChI=1S/C18H18BrNO2/c1-2-22-17-11-15-14(10-16(17)19)8-9-20(18(15)21)12-13-6-4-3-5-7-13/h3-7,10-11H,2,8-9,12H2,1H3. The molecule has 0 radical (unpaired) electrons. The van der Waals surface area contributed by atoms with E-state index in [2.05, 4.69) is 28.1 Å². The summed E-state index contributed by atoms with van der Waals surface area (Å²) in [5.41, 5.74) is 3.00. The number of nitrogens with zero attached hydrogens (tertiary/aromatic N) is 1. The van der Waals surface area contributed by atoms with Crippen LogP contribution in [0.3, 0.4) is 0 Å². The second-order valence-corrected chi connectivity index (χ2v) is 6.19. The van der Waals surface area contributed by atoms with Crippen molar-refractivity contribution in [1.82, 2.24) is 4.90 Å². The van der Waals surface area contributed by atoms with Gasteiger partial charge in [0.2, 0.25) is 0 Å². The van der Waals surface area contributed by atoms with Crippen LogP contribution >= 0.6 is 15.9 Å². The molecule has 3 nitrogen and oxygen atoms in total. The normalized spacial score (nSPS) is 13.9. The Balaban J connectivity index is 1.86. The fraction of sp³-hybridized carbons (Fsp3) is 0.278. The van der Waals surface area contributed by atoms with Crippen LogP contribution in [0.4, 0.5) is 0 Å². The Labute approximate surface area is 139 Å². The third kappa shape index (κ3) is 3.02. The minimum Gasteiger partial charge on any atom is -0.493 e. The maximum Gasteiger partial charge on any atom is 0.254 e. The van der Waals surface area contributed by atoms with E-state index < -0.39 is 0 Å². The molecule has 0 unspecified atom stereocenters. The highest BCUT2D eigenvalue weighted by atomic mass is 79.9. The first kappa shape index (κ1) is 15.1. The van der Waals surface area contributed by atoms with Gasteiger partial charge in [-0.25, -0.2) is 0 Å². The van der Waals surface area contributed by atoms with Gasteiger partial charge in [0.05, 0.1) is 11.1 Å². The predicted molar refractivity (Wildman–Crippen MR) is 90.2 cm³/mol. The van der Waals surface area contributed by atoms with Crippen LogP contribution in [0.5, 0.6) is 5.75 Å². The zero-order valence-electron chi connectivity index (χ0n) is 12.5. The van der Waals surface area contributed by atoms with E-state index in [0.717, 1.165) is 39.9 Å². The minimum absolute atomic E-state index is 0.0820. The van der Waals surface area contributed by atoms with Crippen molar-refractivity contribution in [2.24, 2.45) is 0 Å². The van der Waals surface area contributed by atoms with Gasteiger partial charge in [-0.2, -0.15) is 0 Å². The quantitative estimate of drug-likeness (QED) is 0.824. The van der Waals surface area contributed by atoms with Crippen molar-refractivity contribution >= 4 is 21.8 Å². The second-order valence-electron chi connectivity index (χ2n) is 5.34. The lowest BCUT2D eigenvalue weighted by Gasteiger charge is -2.29. The van der Waals surface area contributed by atoms with Crippen molar-refractivity contribution in [3.63, 3.8) is 0 Å². The Bertz CT molecular complexity index is 685. The van der Waals surface area contributed by atoms with Gasteiger partial charge in [0.25, 0.3) is 5.91 Å². The Hall–Kier alpha value is -1.81. The maximum atomic E-state index is 12.7. The molecule has 2 aromatic carbocycles. The molecule has 0 N–H and O–H groups in total. The molecule has 0 bridgehead atoms. The van der Waals surface area contributed by atoms with Gasteiger partial charge in [0.15, 0.2) is 0 Å². The minimum atomic E-state index is 0.0820. The average molecular weight is 360 g/mol. The van der Waals surface area contributed by atoms with E-state index in [-0.39, 0.29) is 5.91 Å². The van der Waals surface area contributed by atoms with E-state index in [1.165, 1.54) is 0 Å². The number of ether oxygens (including phenoxy) is 1. The molecule has 0 saturated heterocycles. The van der Waals surface area contributed by atoms with Crippen molar-refractivity contribution in [2.45, 2.75) is 19.9 Å². The topological polar surface area (TPSA) is 29.5 Å². The SMILES string of the molecule is CCOc1cc2c(cc1Br)CCN(Cc1ccccc1)C2=O. The van der Waals surface area contributed by atoms with Crippen LogP contribution in [-0.2, 0) is 13.0 Å². The van der Waals surface area contributed by atoms with E-state index in [1.807, 2.05) is 42.2 Å². The smallest absolute Gasteiger partial charge is 0.254 e. The van der Waals surface area contributed by atoms with Gasteiger partial charge in [0.1, 0.15) is 5.75 Å². The van der Waals surface area contributed by atoms with Crippen LogP contribution in [0.1, 0.15) is 28.4 Å². The molecule has 0 atom stereocenters. The summed E-state index contributed by atoms with van der Waals surface area (Å²) in [6.45, 7) is 3.93. The summed E-state index contributed by atoms with van der Waals surface area (Å²) >= 11 is 3.52. The zero-order valence-corrected chi connectivity index (χ0v) is 14.1. The van der Waals surface area contributed by atoms with Gasteiger partial charge < -0.3 is 9.64 Å².